The molecule has 0 aliphatic carbocycles. The van der Waals surface area contributed by atoms with E-state index in [-0.39, 0.29) is 21.5 Å². The Kier molecular flexibility index (Phi) is 4.91. The van der Waals surface area contributed by atoms with Crippen molar-refractivity contribution < 1.29 is 17.9 Å². The SMILES string of the molecule is CC[C@@H](Br)C(=O)Oc1cccc(NC2=NS(=O)(=O)c3ccccc32)c1. The van der Waals surface area contributed by atoms with Gasteiger partial charge in [-0.2, -0.15) is 8.42 Å². The van der Waals surface area contributed by atoms with E-state index in [9.17, 15) is 13.2 Å². The second kappa shape index (κ2) is 6.97. The van der Waals surface area contributed by atoms with Gasteiger partial charge in [-0.3, -0.25) is 4.79 Å². The third-order valence-electron chi connectivity index (χ3n) is 3.56. The van der Waals surface area contributed by atoms with Crippen LogP contribution < -0.4 is 10.1 Å². The number of esters is 1. The molecule has 0 aromatic heterocycles. The fraction of sp³-hybridized carbons (Fsp3) is 0.176. The molecule has 1 atom stereocenters. The van der Waals surface area contributed by atoms with Crippen LogP contribution in [0.4, 0.5) is 5.69 Å². The second-order valence-corrected chi connectivity index (χ2v) is 8.04. The predicted octanol–water partition coefficient (Wildman–Crippen LogP) is 3.33. The summed E-state index contributed by atoms with van der Waals surface area (Å²) in [5.41, 5.74) is 1.08. The molecule has 0 saturated carbocycles. The number of carbonyl (C=O) groups excluding carboxylic acids is 1. The number of rotatable bonds is 4. The van der Waals surface area contributed by atoms with E-state index >= 15 is 0 Å². The Balaban J connectivity index is 1.83. The largest absolute Gasteiger partial charge is 0.426 e. The van der Waals surface area contributed by atoms with Gasteiger partial charge in [-0.25, -0.2) is 0 Å². The van der Waals surface area contributed by atoms with Crippen LogP contribution in [0.5, 0.6) is 5.75 Å². The van der Waals surface area contributed by atoms with Crippen molar-refractivity contribution in [3.63, 3.8) is 0 Å². The van der Waals surface area contributed by atoms with Gasteiger partial charge < -0.3 is 10.1 Å². The quantitative estimate of drug-likeness (QED) is 0.463. The van der Waals surface area contributed by atoms with Gasteiger partial charge in [-0.15, -0.1) is 4.40 Å². The molecule has 3 rings (SSSR count). The molecule has 0 spiro atoms. The number of anilines is 1. The summed E-state index contributed by atoms with van der Waals surface area (Å²) in [6.45, 7) is 1.87. The average Bonchev–Trinajstić information content (AvgIpc) is 2.85. The van der Waals surface area contributed by atoms with Crippen molar-refractivity contribution in [1.29, 1.82) is 0 Å². The molecule has 1 N–H and O–H groups in total. The van der Waals surface area contributed by atoms with Crippen LogP contribution in [0.25, 0.3) is 0 Å². The van der Waals surface area contributed by atoms with Gasteiger partial charge in [0.1, 0.15) is 15.5 Å². The zero-order chi connectivity index (χ0) is 18.0. The first kappa shape index (κ1) is 17.6. The molecular weight excluding hydrogens is 408 g/mol. The summed E-state index contributed by atoms with van der Waals surface area (Å²) in [4.78, 5) is 11.7. The molecule has 25 heavy (non-hydrogen) atoms. The van der Waals surface area contributed by atoms with Gasteiger partial charge in [0.15, 0.2) is 5.84 Å². The zero-order valence-electron chi connectivity index (χ0n) is 13.3. The maximum absolute atomic E-state index is 12.1. The highest BCUT2D eigenvalue weighted by Crippen LogP contribution is 2.27. The van der Waals surface area contributed by atoms with Gasteiger partial charge in [0.2, 0.25) is 0 Å². The number of alkyl halides is 1. The molecule has 1 aliphatic heterocycles. The third kappa shape index (κ3) is 3.74. The van der Waals surface area contributed by atoms with Crippen LogP contribution in [0.3, 0.4) is 0 Å². The first-order chi connectivity index (χ1) is 11.9. The summed E-state index contributed by atoms with van der Waals surface area (Å²) in [6, 6.07) is 13.3. The van der Waals surface area contributed by atoms with E-state index in [4.69, 9.17) is 4.74 Å². The lowest BCUT2D eigenvalue weighted by molar-refractivity contribution is -0.133. The maximum atomic E-state index is 12.1. The Morgan fingerprint density at radius 2 is 2.00 bits per heavy atom. The van der Waals surface area contributed by atoms with E-state index < -0.39 is 10.0 Å². The molecule has 0 amide bonds. The molecule has 8 heteroatoms. The molecule has 130 valence electrons. The third-order valence-corrected chi connectivity index (χ3v) is 5.92. The van der Waals surface area contributed by atoms with Crippen molar-refractivity contribution in [2.45, 2.75) is 23.1 Å². The molecule has 0 fully saturated rings. The topological polar surface area (TPSA) is 84.8 Å². The average molecular weight is 423 g/mol. The number of nitrogens with one attached hydrogen (secondary N) is 1. The molecule has 0 saturated heterocycles. The highest BCUT2D eigenvalue weighted by molar-refractivity contribution is 9.10. The van der Waals surface area contributed by atoms with Gasteiger partial charge in [0, 0.05) is 17.3 Å². The number of sulfonamides is 1. The number of hydrogen-bond donors (Lipinski definition) is 1. The fourth-order valence-corrected chi connectivity index (χ4v) is 3.59. The van der Waals surface area contributed by atoms with Crippen LogP contribution in [0.15, 0.2) is 57.8 Å². The smallest absolute Gasteiger partial charge is 0.325 e. The number of nitrogens with zero attached hydrogens (tertiary/aromatic N) is 1. The number of ether oxygens (including phenoxy) is 1. The van der Waals surface area contributed by atoms with E-state index in [0.717, 1.165) is 0 Å². The van der Waals surface area contributed by atoms with Crippen LogP contribution in [-0.2, 0) is 14.8 Å². The van der Waals surface area contributed by atoms with Crippen molar-refractivity contribution in [3.05, 3.63) is 54.1 Å². The summed E-state index contributed by atoms with van der Waals surface area (Å²) in [5.74, 6) is 0.222. The Morgan fingerprint density at radius 3 is 2.76 bits per heavy atom. The Morgan fingerprint density at radius 1 is 1.24 bits per heavy atom. The zero-order valence-corrected chi connectivity index (χ0v) is 15.7. The molecular formula is C17H15BrN2O4S. The minimum absolute atomic E-state index is 0.171. The Hall–Kier alpha value is -2.19. The van der Waals surface area contributed by atoms with Gasteiger partial charge in [0.05, 0.1) is 0 Å². The lowest BCUT2D eigenvalue weighted by Gasteiger charge is -2.10. The summed E-state index contributed by atoms with van der Waals surface area (Å²) < 4.78 is 33.2. The summed E-state index contributed by atoms with van der Waals surface area (Å²) in [7, 11) is -3.68. The van der Waals surface area contributed by atoms with Crippen LogP contribution in [-0.4, -0.2) is 25.0 Å². The molecule has 6 nitrogen and oxygen atoms in total. The van der Waals surface area contributed by atoms with Crippen molar-refractivity contribution in [2.24, 2.45) is 4.40 Å². The standard InChI is InChI=1S/C17H15BrN2O4S/c1-2-14(18)17(21)24-12-7-5-6-11(10-12)19-16-13-8-3-4-9-15(13)25(22,23)20-16/h3-10,14H,2H2,1H3,(H,19,20)/t14-/m1/s1. The number of fused-ring (bicyclic) bond motifs is 1. The molecule has 1 heterocycles. The number of amidine groups is 1. The van der Waals surface area contributed by atoms with Crippen molar-refractivity contribution in [2.75, 3.05) is 5.32 Å². The molecule has 0 bridgehead atoms. The van der Waals surface area contributed by atoms with Gasteiger partial charge in [-0.1, -0.05) is 41.1 Å². The monoisotopic (exact) mass is 422 g/mol. The second-order valence-electron chi connectivity index (χ2n) is 5.36. The fourth-order valence-electron chi connectivity index (χ4n) is 2.32. The lowest BCUT2D eigenvalue weighted by atomic mass is 10.2. The van der Waals surface area contributed by atoms with E-state index in [1.165, 1.54) is 6.07 Å². The van der Waals surface area contributed by atoms with Gasteiger partial charge >= 0.3 is 5.97 Å². The van der Waals surface area contributed by atoms with Gasteiger partial charge in [-0.05, 0) is 30.7 Å². The summed E-state index contributed by atoms with van der Waals surface area (Å²) in [6.07, 6.45) is 0.613. The summed E-state index contributed by atoms with van der Waals surface area (Å²) >= 11 is 3.24. The first-order valence-corrected chi connectivity index (χ1v) is 9.93. The number of hydrogen-bond acceptors (Lipinski definition) is 5. The van der Waals surface area contributed by atoms with Crippen molar-refractivity contribution in [3.8, 4) is 5.75 Å². The molecule has 0 unspecified atom stereocenters. The highest BCUT2D eigenvalue weighted by Gasteiger charge is 2.28. The van der Waals surface area contributed by atoms with E-state index in [1.54, 1.807) is 42.5 Å². The number of benzene rings is 2. The van der Waals surface area contributed by atoms with E-state index in [1.807, 2.05) is 6.92 Å². The number of carbonyl (C=O) groups is 1. The first-order valence-electron chi connectivity index (χ1n) is 7.58. The summed E-state index contributed by atoms with van der Waals surface area (Å²) in [5, 5.41) is 2.98. The van der Waals surface area contributed by atoms with Gasteiger partial charge in [0.25, 0.3) is 10.0 Å². The predicted molar refractivity (Wildman–Crippen MR) is 98.9 cm³/mol. The van der Waals surface area contributed by atoms with Crippen LogP contribution in [0.2, 0.25) is 0 Å². The number of halogens is 1. The molecule has 2 aromatic carbocycles. The minimum atomic E-state index is -3.68. The van der Waals surface area contributed by atoms with E-state index in [2.05, 4.69) is 25.6 Å². The van der Waals surface area contributed by atoms with Crippen LogP contribution in [0, 0.1) is 0 Å². The van der Waals surface area contributed by atoms with Crippen LogP contribution in [0.1, 0.15) is 18.9 Å². The van der Waals surface area contributed by atoms with Crippen molar-refractivity contribution >= 4 is 43.4 Å². The highest BCUT2D eigenvalue weighted by atomic mass is 79.9. The Bertz CT molecular complexity index is 957. The minimum Gasteiger partial charge on any atom is -0.426 e. The van der Waals surface area contributed by atoms with Crippen LogP contribution >= 0.6 is 15.9 Å². The maximum Gasteiger partial charge on any atom is 0.325 e. The molecule has 2 aromatic rings. The van der Waals surface area contributed by atoms with E-state index in [0.29, 0.717) is 23.4 Å². The van der Waals surface area contributed by atoms with Crippen molar-refractivity contribution in [1.82, 2.24) is 0 Å². The molecule has 1 aliphatic rings. The Labute approximate surface area is 154 Å². The lowest BCUT2D eigenvalue weighted by Crippen LogP contribution is -2.19. The molecule has 0 radical (unpaired) electrons. The normalized spacial score (nSPS) is 15.8.